The van der Waals surface area contributed by atoms with E-state index in [1.54, 1.807) is 12.1 Å². The molecule has 3 aromatic carbocycles. The SMILES string of the molecule is Cc1c(OC/C=C/c2ccc(F)cc2)c(Br)cc2ccccc12. The van der Waals surface area contributed by atoms with Crippen LogP contribution in [0, 0.1) is 12.7 Å². The van der Waals surface area contributed by atoms with Crippen molar-refractivity contribution in [3.8, 4) is 5.75 Å². The van der Waals surface area contributed by atoms with Crippen molar-refractivity contribution in [3.05, 3.63) is 82.1 Å². The molecular weight excluding hydrogens is 355 g/mol. The summed E-state index contributed by atoms with van der Waals surface area (Å²) >= 11 is 3.58. The van der Waals surface area contributed by atoms with Crippen LogP contribution < -0.4 is 4.74 Å². The summed E-state index contributed by atoms with van der Waals surface area (Å²) in [5.41, 5.74) is 2.06. The van der Waals surface area contributed by atoms with Gasteiger partial charge in [0.15, 0.2) is 0 Å². The van der Waals surface area contributed by atoms with Crippen LogP contribution in [0.15, 0.2) is 65.1 Å². The van der Waals surface area contributed by atoms with Crippen molar-refractivity contribution in [2.45, 2.75) is 6.92 Å². The van der Waals surface area contributed by atoms with Crippen molar-refractivity contribution in [3.63, 3.8) is 0 Å². The molecule has 0 aliphatic carbocycles. The lowest BCUT2D eigenvalue weighted by Crippen LogP contribution is -1.97. The van der Waals surface area contributed by atoms with Gasteiger partial charge in [-0.15, -0.1) is 0 Å². The van der Waals surface area contributed by atoms with Gasteiger partial charge in [0.2, 0.25) is 0 Å². The zero-order valence-corrected chi connectivity index (χ0v) is 14.3. The minimum atomic E-state index is -0.228. The summed E-state index contributed by atoms with van der Waals surface area (Å²) in [4.78, 5) is 0. The van der Waals surface area contributed by atoms with Crippen molar-refractivity contribution in [2.24, 2.45) is 0 Å². The third kappa shape index (κ3) is 3.62. The van der Waals surface area contributed by atoms with Crippen LogP contribution in [0.5, 0.6) is 5.75 Å². The Balaban J connectivity index is 1.75. The number of hydrogen-bond acceptors (Lipinski definition) is 1. The molecule has 23 heavy (non-hydrogen) atoms. The van der Waals surface area contributed by atoms with E-state index in [-0.39, 0.29) is 5.82 Å². The largest absolute Gasteiger partial charge is 0.488 e. The quantitative estimate of drug-likeness (QED) is 0.535. The van der Waals surface area contributed by atoms with E-state index in [0.29, 0.717) is 6.61 Å². The third-order valence-electron chi connectivity index (χ3n) is 3.71. The lowest BCUT2D eigenvalue weighted by Gasteiger charge is -2.12. The molecule has 3 rings (SSSR count). The molecule has 0 bridgehead atoms. The van der Waals surface area contributed by atoms with Crippen molar-refractivity contribution >= 4 is 32.8 Å². The zero-order valence-electron chi connectivity index (χ0n) is 12.7. The Kier molecular flexibility index (Phi) is 4.77. The standard InChI is InChI=1S/C20H16BrFO/c1-14-18-7-3-2-6-16(18)13-19(21)20(14)23-12-4-5-15-8-10-17(22)11-9-15/h2-11,13H,12H2,1H3/b5-4+. The Labute approximate surface area is 143 Å². The second-order valence-corrected chi connectivity index (χ2v) is 6.15. The fraction of sp³-hybridized carbons (Fsp3) is 0.100. The molecule has 0 amide bonds. The second kappa shape index (κ2) is 6.97. The number of ether oxygens (including phenoxy) is 1. The predicted octanol–water partition coefficient (Wildman–Crippen LogP) is 6.14. The van der Waals surface area contributed by atoms with Crippen molar-refractivity contribution in [2.75, 3.05) is 6.61 Å². The van der Waals surface area contributed by atoms with E-state index in [2.05, 4.69) is 41.1 Å². The first-order valence-electron chi connectivity index (χ1n) is 7.38. The maximum atomic E-state index is 12.9. The molecule has 0 aliphatic rings. The van der Waals surface area contributed by atoms with Gasteiger partial charge in [-0.2, -0.15) is 0 Å². The Morgan fingerprint density at radius 2 is 1.83 bits per heavy atom. The van der Waals surface area contributed by atoms with Gasteiger partial charge in [0.25, 0.3) is 0 Å². The van der Waals surface area contributed by atoms with Gasteiger partial charge in [-0.05, 0) is 63.5 Å². The molecule has 3 heteroatoms. The molecule has 0 saturated heterocycles. The summed E-state index contributed by atoms with van der Waals surface area (Å²) in [6.45, 7) is 2.52. The van der Waals surface area contributed by atoms with Gasteiger partial charge >= 0.3 is 0 Å². The molecule has 0 unspecified atom stereocenters. The van der Waals surface area contributed by atoms with Crippen molar-refractivity contribution in [1.82, 2.24) is 0 Å². The van der Waals surface area contributed by atoms with E-state index < -0.39 is 0 Å². The van der Waals surface area contributed by atoms with Crippen LogP contribution in [0.2, 0.25) is 0 Å². The first-order valence-corrected chi connectivity index (χ1v) is 8.17. The van der Waals surface area contributed by atoms with Crippen LogP contribution in [-0.4, -0.2) is 6.61 Å². The van der Waals surface area contributed by atoms with Crippen LogP contribution in [0.1, 0.15) is 11.1 Å². The van der Waals surface area contributed by atoms with Crippen LogP contribution in [0.4, 0.5) is 4.39 Å². The number of aryl methyl sites for hydroxylation is 1. The minimum absolute atomic E-state index is 0.228. The fourth-order valence-electron chi connectivity index (χ4n) is 2.53. The Morgan fingerprint density at radius 1 is 1.09 bits per heavy atom. The fourth-order valence-corrected chi connectivity index (χ4v) is 3.19. The number of fused-ring (bicyclic) bond motifs is 1. The summed E-state index contributed by atoms with van der Waals surface area (Å²) in [6, 6.07) is 16.7. The smallest absolute Gasteiger partial charge is 0.137 e. The monoisotopic (exact) mass is 370 g/mol. The lowest BCUT2D eigenvalue weighted by molar-refractivity contribution is 0.359. The summed E-state index contributed by atoms with van der Waals surface area (Å²) in [5, 5.41) is 2.37. The average molecular weight is 371 g/mol. The van der Waals surface area contributed by atoms with Crippen LogP contribution in [0.25, 0.3) is 16.8 Å². The maximum Gasteiger partial charge on any atom is 0.137 e. The zero-order chi connectivity index (χ0) is 16.2. The second-order valence-electron chi connectivity index (χ2n) is 5.30. The molecule has 1 nitrogen and oxygen atoms in total. The van der Waals surface area contributed by atoms with Crippen LogP contribution >= 0.6 is 15.9 Å². The molecule has 0 spiro atoms. The molecule has 116 valence electrons. The predicted molar refractivity (Wildman–Crippen MR) is 97.3 cm³/mol. The molecule has 0 N–H and O–H groups in total. The first kappa shape index (κ1) is 15.8. The number of benzene rings is 3. The summed E-state index contributed by atoms with van der Waals surface area (Å²) < 4.78 is 19.7. The van der Waals surface area contributed by atoms with E-state index >= 15 is 0 Å². The van der Waals surface area contributed by atoms with Gasteiger partial charge in [0, 0.05) is 5.56 Å². The third-order valence-corrected chi connectivity index (χ3v) is 4.30. The normalized spacial score (nSPS) is 11.3. The van der Waals surface area contributed by atoms with Gasteiger partial charge in [-0.3, -0.25) is 0 Å². The first-order chi connectivity index (χ1) is 11.1. The van der Waals surface area contributed by atoms with Crippen molar-refractivity contribution in [1.29, 1.82) is 0 Å². The van der Waals surface area contributed by atoms with Crippen molar-refractivity contribution < 1.29 is 9.13 Å². The molecule has 0 aliphatic heterocycles. The van der Waals surface area contributed by atoms with Crippen LogP contribution in [0.3, 0.4) is 0 Å². The molecule has 0 aromatic heterocycles. The van der Waals surface area contributed by atoms with E-state index in [1.807, 2.05) is 24.3 Å². The molecular formula is C20H16BrFO. The maximum absolute atomic E-state index is 12.9. The molecule has 0 saturated carbocycles. The van der Waals surface area contributed by atoms with Gasteiger partial charge in [-0.25, -0.2) is 4.39 Å². The highest BCUT2D eigenvalue weighted by Gasteiger charge is 2.09. The van der Waals surface area contributed by atoms with Gasteiger partial charge in [-0.1, -0.05) is 42.5 Å². The Bertz CT molecular complexity index is 853. The highest BCUT2D eigenvalue weighted by Crippen LogP contribution is 2.35. The molecule has 0 atom stereocenters. The highest BCUT2D eigenvalue weighted by atomic mass is 79.9. The Morgan fingerprint density at radius 3 is 2.61 bits per heavy atom. The molecule has 3 aromatic rings. The van der Waals surface area contributed by atoms with E-state index in [9.17, 15) is 4.39 Å². The molecule has 0 fully saturated rings. The topological polar surface area (TPSA) is 9.23 Å². The minimum Gasteiger partial charge on any atom is -0.488 e. The van der Waals surface area contributed by atoms with Gasteiger partial charge < -0.3 is 4.74 Å². The summed E-state index contributed by atoms with van der Waals surface area (Å²) in [6.07, 6.45) is 3.85. The van der Waals surface area contributed by atoms with Gasteiger partial charge in [0.05, 0.1) is 4.47 Å². The van der Waals surface area contributed by atoms with E-state index in [0.717, 1.165) is 21.3 Å². The molecule has 0 radical (unpaired) electrons. The number of rotatable bonds is 4. The number of halogens is 2. The van der Waals surface area contributed by atoms with E-state index in [4.69, 9.17) is 4.74 Å². The number of hydrogen-bond donors (Lipinski definition) is 0. The highest BCUT2D eigenvalue weighted by molar-refractivity contribution is 9.10. The molecule has 0 heterocycles. The average Bonchev–Trinajstić information content (AvgIpc) is 2.55. The van der Waals surface area contributed by atoms with Gasteiger partial charge in [0.1, 0.15) is 18.2 Å². The lowest BCUT2D eigenvalue weighted by atomic mass is 10.0. The summed E-state index contributed by atoms with van der Waals surface area (Å²) in [7, 11) is 0. The van der Waals surface area contributed by atoms with E-state index in [1.165, 1.54) is 22.9 Å². The van der Waals surface area contributed by atoms with Crippen LogP contribution in [-0.2, 0) is 0 Å². The Hall–Kier alpha value is -2.13. The summed E-state index contributed by atoms with van der Waals surface area (Å²) in [5.74, 6) is 0.626.